The predicted molar refractivity (Wildman–Crippen MR) is 108 cm³/mol. The van der Waals surface area contributed by atoms with Crippen molar-refractivity contribution in [3.63, 3.8) is 0 Å². The van der Waals surface area contributed by atoms with Crippen LogP contribution >= 0.6 is 23.2 Å². The summed E-state index contributed by atoms with van der Waals surface area (Å²) in [6, 6.07) is 8.14. The fraction of sp³-hybridized carbons (Fsp3) is 0.263. The summed E-state index contributed by atoms with van der Waals surface area (Å²) in [7, 11) is 4.55. The molecule has 1 amide bonds. The van der Waals surface area contributed by atoms with Crippen LogP contribution < -0.4 is 24.4 Å². The number of hydrogen-bond donors (Lipinski definition) is 1. The smallest absolute Gasteiger partial charge is 0.280 e. The van der Waals surface area contributed by atoms with Crippen LogP contribution in [-0.4, -0.2) is 39.6 Å². The molecule has 150 valence electrons. The highest BCUT2D eigenvalue weighted by molar-refractivity contribution is 6.35. The van der Waals surface area contributed by atoms with Crippen molar-refractivity contribution in [1.82, 2.24) is 5.43 Å². The molecule has 28 heavy (non-hydrogen) atoms. The lowest BCUT2D eigenvalue weighted by atomic mass is 10.2. The molecule has 0 aliphatic carbocycles. The molecule has 0 saturated carbocycles. The molecule has 2 rings (SSSR count). The van der Waals surface area contributed by atoms with E-state index in [0.29, 0.717) is 38.6 Å². The number of amides is 1. The van der Waals surface area contributed by atoms with Crippen molar-refractivity contribution >= 4 is 35.3 Å². The standard InChI is InChI=1S/C19H20Cl2N2O5/c1-11(28-15-6-5-13(20)9-14(15)21)19(24)23-22-10-12-7-16(25-2)18(27-4)17(8-12)26-3/h5-11H,1-4H3,(H,23,24)/b22-10+. The summed E-state index contributed by atoms with van der Waals surface area (Å²) in [5.74, 6) is 1.32. The molecule has 0 aromatic heterocycles. The summed E-state index contributed by atoms with van der Waals surface area (Å²) in [5, 5.41) is 4.73. The van der Waals surface area contributed by atoms with Crippen molar-refractivity contribution in [2.45, 2.75) is 13.0 Å². The predicted octanol–water partition coefficient (Wildman–Crippen LogP) is 3.94. The minimum Gasteiger partial charge on any atom is -0.493 e. The maximum Gasteiger partial charge on any atom is 0.280 e. The number of hydrazone groups is 1. The summed E-state index contributed by atoms with van der Waals surface area (Å²) in [5.41, 5.74) is 3.05. The first kappa shape index (κ1) is 21.7. The lowest BCUT2D eigenvalue weighted by Crippen LogP contribution is -2.33. The zero-order chi connectivity index (χ0) is 20.7. The molecule has 9 heteroatoms. The minimum atomic E-state index is -0.823. The second kappa shape index (κ2) is 10.1. The normalized spacial score (nSPS) is 11.8. The number of nitrogens with zero attached hydrogens (tertiary/aromatic N) is 1. The van der Waals surface area contributed by atoms with Gasteiger partial charge in [0, 0.05) is 10.6 Å². The Balaban J connectivity index is 2.04. The van der Waals surface area contributed by atoms with Gasteiger partial charge >= 0.3 is 0 Å². The highest BCUT2D eigenvalue weighted by Crippen LogP contribution is 2.37. The molecule has 0 aliphatic rings. The molecule has 2 aromatic rings. The number of methoxy groups -OCH3 is 3. The van der Waals surface area contributed by atoms with Crippen LogP contribution in [0.5, 0.6) is 23.0 Å². The van der Waals surface area contributed by atoms with E-state index >= 15 is 0 Å². The molecular weight excluding hydrogens is 407 g/mol. The highest BCUT2D eigenvalue weighted by atomic mass is 35.5. The van der Waals surface area contributed by atoms with Gasteiger partial charge in [0.2, 0.25) is 5.75 Å². The maximum absolute atomic E-state index is 12.2. The topological polar surface area (TPSA) is 78.4 Å². The number of nitrogens with one attached hydrogen (secondary N) is 1. The summed E-state index contributed by atoms with van der Waals surface area (Å²) >= 11 is 11.9. The second-order valence-corrected chi connectivity index (χ2v) is 6.37. The van der Waals surface area contributed by atoms with E-state index in [2.05, 4.69) is 10.5 Å². The molecule has 2 aromatic carbocycles. The average Bonchev–Trinajstić information content (AvgIpc) is 2.68. The van der Waals surface area contributed by atoms with E-state index < -0.39 is 12.0 Å². The Kier molecular flexibility index (Phi) is 7.78. The minimum absolute atomic E-state index is 0.313. The van der Waals surface area contributed by atoms with Crippen molar-refractivity contribution in [3.8, 4) is 23.0 Å². The largest absolute Gasteiger partial charge is 0.493 e. The van der Waals surface area contributed by atoms with E-state index in [-0.39, 0.29) is 0 Å². The van der Waals surface area contributed by atoms with E-state index in [9.17, 15) is 4.79 Å². The van der Waals surface area contributed by atoms with Gasteiger partial charge < -0.3 is 18.9 Å². The quantitative estimate of drug-likeness (QED) is 0.510. The second-order valence-electron chi connectivity index (χ2n) is 5.53. The zero-order valence-corrected chi connectivity index (χ0v) is 17.3. The molecule has 0 spiro atoms. The van der Waals surface area contributed by atoms with E-state index in [1.807, 2.05) is 0 Å². The molecule has 1 atom stereocenters. The first-order valence-corrected chi connectivity index (χ1v) is 8.89. The molecule has 0 fully saturated rings. The van der Waals surface area contributed by atoms with E-state index in [0.717, 1.165) is 0 Å². The first-order valence-electron chi connectivity index (χ1n) is 8.14. The van der Waals surface area contributed by atoms with Gasteiger partial charge in [-0.05, 0) is 37.3 Å². The van der Waals surface area contributed by atoms with Crippen LogP contribution in [-0.2, 0) is 4.79 Å². The lowest BCUT2D eigenvalue weighted by molar-refractivity contribution is -0.127. The lowest BCUT2D eigenvalue weighted by Gasteiger charge is -2.14. The summed E-state index contributed by atoms with van der Waals surface area (Å²) in [6.45, 7) is 1.58. The molecule has 0 radical (unpaired) electrons. The third-order valence-electron chi connectivity index (χ3n) is 3.64. The van der Waals surface area contributed by atoms with Crippen LogP contribution in [0.2, 0.25) is 10.0 Å². The number of rotatable bonds is 8. The van der Waals surface area contributed by atoms with Gasteiger partial charge in [0.15, 0.2) is 17.6 Å². The van der Waals surface area contributed by atoms with Gasteiger partial charge in [0.05, 0.1) is 32.6 Å². The molecular formula is C19H20Cl2N2O5. The molecule has 0 bridgehead atoms. The fourth-order valence-electron chi connectivity index (χ4n) is 2.25. The number of halogens is 2. The Labute approximate surface area is 173 Å². The van der Waals surface area contributed by atoms with Crippen molar-refractivity contribution in [2.24, 2.45) is 5.10 Å². The number of carbonyl (C=O) groups excluding carboxylic acids is 1. The maximum atomic E-state index is 12.2. The van der Waals surface area contributed by atoms with Crippen molar-refractivity contribution in [2.75, 3.05) is 21.3 Å². The monoisotopic (exact) mass is 426 g/mol. The van der Waals surface area contributed by atoms with Gasteiger partial charge in [-0.3, -0.25) is 4.79 Å². The van der Waals surface area contributed by atoms with Crippen molar-refractivity contribution < 1.29 is 23.7 Å². The number of benzene rings is 2. The summed E-state index contributed by atoms with van der Waals surface area (Å²) in [4.78, 5) is 12.2. The third-order valence-corrected chi connectivity index (χ3v) is 4.17. The van der Waals surface area contributed by atoms with E-state index in [1.54, 1.807) is 31.2 Å². The number of hydrogen-bond acceptors (Lipinski definition) is 6. The summed E-state index contributed by atoms with van der Waals surface area (Å²) in [6.07, 6.45) is 0.625. The molecule has 0 saturated heterocycles. The van der Waals surface area contributed by atoms with Gasteiger partial charge in [-0.15, -0.1) is 0 Å². The van der Waals surface area contributed by atoms with Crippen LogP contribution in [0, 0.1) is 0 Å². The number of carbonyl (C=O) groups is 1. The van der Waals surface area contributed by atoms with Gasteiger partial charge in [-0.25, -0.2) is 5.43 Å². The van der Waals surface area contributed by atoms with Crippen molar-refractivity contribution in [1.29, 1.82) is 0 Å². The highest BCUT2D eigenvalue weighted by Gasteiger charge is 2.16. The van der Waals surface area contributed by atoms with Gasteiger partial charge in [0.1, 0.15) is 5.75 Å². The van der Waals surface area contributed by atoms with Gasteiger partial charge in [-0.2, -0.15) is 5.10 Å². The van der Waals surface area contributed by atoms with Crippen LogP contribution in [0.25, 0.3) is 0 Å². The van der Waals surface area contributed by atoms with Crippen LogP contribution in [0.1, 0.15) is 12.5 Å². The summed E-state index contributed by atoms with van der Waals surface area (Å²) < 4.78 is 21.3. The Hall–Kier alpha value is -2.64. The zero-order valence-electron chi connectivity index (χ0n) is 15.8. The Morgan fingerprint density at radius 3 is 2.21 bits per heavy atom. The number of ether oxygens (including phenoxy) is 4. The SMILES string of the molecule is COc1cc(/C=N/NC(=O)C(C)Oc2ccc(Cl)cc2Cl)cc(OC)c1OC. The molecule has 7 nitrogen and oxygen atoms in total. The molecule has 0 aliphatic heterocycles. The van der Waals surface area contributed by atoms with Gasteiger partial charge in [-0.1, -0.05) is 23.2 Å². The molecule has 0 heterocycles. The first-order chi connectivity index (χ1) is 13.4. The van der Waals surface area contributed by atoms with Crippen LogP contribution in [0.3, 0.4) is 0 Å². The fourth-order valence-corrected chi connectivity index (χ4v) is 2.71. The van der Waals surface area contributed by atoms with E-state index in [4.69, 9.17) is 42.1 Å². The third kappa shape index (κ3) is 5.43. The van der Waals surface area contributed by atoms with Crippen LogP contribution in [0.4, 0.5) is 0 Å². The van der Waals surface area contributed by atoms with E-state index in [1.165, 1.54) is 33.6 Å². The molecule has 1 unspecified atom stereocenters. The Bertz CT molecular complexity index is 848. The van der Waals surface area contributed by atoms with Gasteiger partial charge in [0.25, 0.3) is 5.91 Å². The Morgan fingerprint density at radius 2 is 1.68 bits per heavy atom. The average molecular weight is 427 g/mol. The molecule has 1 N–H and O–H groups in total. The van der Waals surface area contributed by atoms with Crippen molar-refractivity contribution in [3.05, 3.63) is 45.9 Å². The van der Waals surface area contributed by atoms with Crippen LogP contribution in [0.15, 0.2) is 35.4 Å². The Morgan fingerprint density at radius 1 is 1.04 bits per heavy atom.